The van der Waals surface area contributed by atoms with Crippen LogP contribution in [0.1, 0.15) is 27.2 Å². The fraction of sp³-hybridized carbons (Fsp3) is 0.190. The predicted molar refractivity (Wildman–Crippen MR) is 113 cm³/mol. The summed E-state index contributed by atoms with van der Waals surface area (Å²) >= 11 is 1.40. The minimum Gasteiger partial charge on any atom is -0.307 e. The maximum Gasteiger partial charge on any atom is 0.268 e. The molecule has 0 unspecified atom stereocenters. The van der Waals surface area contributed by atoms with Crippen molar-refractivity contribution in [3.63, 3.8) is 0 Å². The summed E-state index contributed by atoms with van der Waals surface area (Å²) in [5.74, 6) is -0.496. The molecule has 1 aliphatic rings. The first kappa shape index (κ1) is 19.6. The number of thiophene rings is 1. The van der Waals surface area contributed by atoms with Gasteiger partial charge in [0.05, 0.1) is 9.77 Å². The molecule has 4 rings (SSSR count). The van der Waals surface area contributed by atoms with E-state index in [1.165, 1.54) is 30.4 Å². The van der Waals surface area contributed by atoms with Gasteiger partial charge in [-0.15, -0.1) is 11.3 Å². The molecule has 0 aliphatic carbocycles. The van der Waals surface area contributed by atoms with Crippen LogP contribution in [-0.4, -0.2) is 20.9 Å². The lowest BCUT2D eigenvalue weighted by Gasteiger charge is -2.29. The van der Waals surface area contributed by atoms with E-state index in [0.717, 1.165) is 30.2 Å². The maximum atomic E-state index is 13.5. The molecule has 2 aromatic carbocycles. The number of halogens is 1. The van der Waals surface area contributed by atoms with Crippen molar-refractivity contribution in [2.45, 2.75) is 24.7 Å². The Morgan fingerprint density at radius 1 is 1.17 bits per heavy atom. The zero-order chi connectivity index (χ0) is 20.6. The highest BCUT2D eigenvalue weighted by atomic mass is 32.2. The number of fused-ring (bicyclic) bond motifs is 1. The maximum absolute atomic E-state index is 13.5. The fourth-order valence-electron chi connectivity index (χ4n) is 3.40. The predicted octanol–water partition coefficient (Wildman–Crippen LogP) is 4.59. The second-order valence-corrected chi connectivity index (χ2v) is 9.53. The van der Waals surface area contributed by atoms with Gasteiger partial charge in [-0.05, 0) is 78.7 Å². The minimum atomic E-state index is -3.84. The molecule has 2 heterocycles. The van der Waals surface area contributed by atoms with Crippen molar-refractivity contribution in [2.24, 2.45) is 0 Å². The van der Waals surface area contributed by atoms with Crippen LogP contribution >= 0.6 is 11.3 Å². The molecule has 0 spiro atoms. The highest BCUT2D eigenvalue weighted by Crippen LogP contribution is 2.32. The van der Waals surface area contributed by atoms with Gasteiger partial charge in [-0.3, -0.25) is 9.52 Å². The number of hydrogen-bond donors (Lipinski definition) is 1. The van der Waals surface area contributed by atoms with Crippen molar-refractivity contribution in [3.8, 4) is 0 Å². The molecule has 3 aromatic rings. The van der Waals surface area contributed by atoms with E-state index in [4.69, 9.17) is 0 Å². The first-order valence-electron chi connectivity index (χ1n) is 9.12. The van der Waals surface area contributed by atoms with Crippen molar-refractivity contribution in [3.05, 3.63) is 75.7 Å². The Morgan fingerprint density at radius 3 is 2.72 bits per heavy atom. The molecule has 0 bridgehead atoms. The highest BCUT2D eigenvalue weighted by Gasteiger charge is 2.25. The zero-order valence-electron chi connectivity index (χ0n) is 15.7. The first-order valence-corrected chi connectivity index (χ1v) is 11.5. The number of carbonyl (C=O) groups is 1. The van der Waals surface area contributed by atoms with Crippen LogP contribution < -0.4 is 9.62 Å². The van der Waals surface area contributed by atoms with Gasteiger partial charge in [0.2, 0.25) is 0 Å². The van der Waals surface area contributed by atoms with Crippen LogP contribution in [0.5, 0.6) is 0 Å². The van der Waals surface area contributed by atoms with E-state index in [2.05, 4.69) is 4.72 Å². The van der Waals surface area contributed by atoms with Gasteiger partial charge in [-0.2, -0.15) is 0 Å². The van der Waals surface area contributed by atoms with Crippen LogP contribution in [0.4, 0.5) is 15.8 Å². The summed E-state index contributed by atoms with van der Waals surface area (Å²) < 4.78 is 41.3. The number of carbonyl (C=O) groups excluding carboxylic acids is 1. The average molecular weight is 431 g/mol. The van der Waals surface area contributed by atoms with Crippen LogP contribution in [0.25, 0.3) is 0 Å². The summed E-state index contributed by atoms with van der Waals surface area (Å²) in [6.45, 7) is 2.15. The van der Waals surface area contributed by atoms with E-state index >= 15 is 0 Å². The van der Waals surface area contributed by atoms with Gasteiger partial charge in [-0.1, -0.05) is 6.07 Å². The molecule has 29 heavy (non-hydrogen) atoms. The molecule has 0 fully saturated rings. The van der Waals surface area contributed by atoms with E-state index in [-0.39, 0.29) is 16.4 Å². The van der Waals surface area contributed by atoms with Crippen molar-refractivity contribution in [1.82, 2.24) is 0 Å². The largest absolute Gasteiger partial charge is 0.307 e. The van der Waals surface area contributed by atoms with Crippen molar-refractivity contribution in [2.75, 3.05) is 16.2 Å². The summed E-state index contributed by atoms with van der Waals surface area (Å²) in [5, 5.41) is 1.87. The Morgan fingerprint density at radius 2 is 2.00 bits per heavy atom. The highest BCUT2D eigenvalue weighted by molar-refractivity contribution is 7.92. The van der Waals surface area contributed by atoms with E-state index in [1.807, 2.05) is 11.4 Å². The molecule has 5 nitrogen and oxygen atoms in total. The number of hydrogen-bond acceptors (Lipinski definition) is 4. The quantitative estimate of drug-likeness (QED) is 0.658. The van der Waals surface area contributed by atoms with Gasteiger partial charge < -0.3 is 4.90 Å². The SMILES string of the molecule is Cc1cc(S(=O)(=O)Nc2ccc3c(c2)CCCN3C(=O)c2cccs2)ccc1F. The third-order valence-electron chi connectivity index (χ3n) is 4.87. The summed E-state index contributed by atoms with van der Waals surface area (Å²) in [4.78, 5) is 15.2. The van der Waals surface area contributed by atoms with E-state index in [0.29, 0.717) is 17.1 Å². The van der Waals surface area contributed by atoms with Gasteiger partial charge in [-0.25, -0.2) is 12.8 Å². The Kier molecular flexibility index (Phi) is 5.14. The summed E-state index contributed by atoms with van der Waals surface area (Å²) in [7, 11) is -3.84. The molecule has 0 saturated carbocycles. The lowest BCUT2D eigenvalue weighted by atomic mass is 10.0. The molecule has 8 heteroatoms. The number of aryl methyl sites for hydroxylation is 2. The molecule has 1 N–H and O–H groups in total. The molecular formula is C21H19FN2O3S2. The third-order valence-corrected chi connectivity index (χ3v) is 7.10. The summed E-state index contributed by atoms with van der Waals surface area (Å²) in [6.07, 6.45) is 1.56. The van der Waals surface area contributed by atoms with Gasteiger partial charge >= 0.3 is 0 Å². The minimum absolute atomic E-state index is 0.00335. The lowest BCUT2D eigenvalue weighted by Crippen LogP contribution is -2.35. The van der Waals surface area contributed by atoms with E-state index < -0.39 is 15.8 Å². The number of rotatable bonds is 4. The Hall–Kier alpha value is -2.71. The van der Waals surface area contributed by atoms with Crippen LogP contribution in [0, 0.1) is 12.7 Å². The molecule has 1 aliphatic heterocycles. The van der Waals surface area contributed by atoms with E-state index in [1.54, 1.807) is 29.2 Å². The second kappa shape index (κ2) is 7.61. The fourth-order valence-corrected chi connectivity index (χ4v) is 5.21. The van der Waals surface area contributed by atoms with Gasteiger partial charge in [0.15, 0.2) is 0 Å². The van der Waals surface area contributed by atoms with E-state index in [9.17, 15) is 17.6 Å². The number of sulfonamides is 1. The first-order chi connectivity index (χ1) is 13.8. The molecular weight excluding hydrogens is 411 g/mol. The second-order valence-electron chi connectivity index (χ2n) is 6.90. The Labute approximate surface area is 172 Å². The van der Waals surface area contributed by atoms with Gasteiger partial charge in [0.25, 0.3) is 15.9 Å². The standard InChI is InChI=1S/C21H19FN2O3S2/c1-14-12-17(7-8-18(14)22)29(26,27)23-16-6-9-19-15(13-16)4-2-10-24(19)21(25)20-5-3-11-28-20/h3,5-9,11-13,23H,2,4,10H2,1H3. The van der Waals surface area contributed by atoms with Crippen LogP contribution in [-0.2, 0) is 16.4 Å². The number of benzene rings is 2. The van der Waals surface area contributed by atoms with Crippen LogP contribution in [0.2, 0.25) is 0 Å². The third kappa shape index (κ3) is 3.90. The molecule has 0 saturated heterocycles. The topological polar surface area (TPSA) is 66.5 Å². The van der Waals surface area contributed by atoms with Crippen molar-refractivity contribution in [1.29, 1.82) is 0 Å². The number of nitrogens with one attached hydrogen (secondary N) is 1. The molecule has 1 aromatic heterocycles. The Bertz CT molecular complexity index is 1170. The number of nitrogens with zero attached hydrogens (tertiary/aromatic N) is 1. The van der Waals surface area contributed by atoms with Crippen molar-refractivity contribution >= 4 is 38.6 Å². The van der Waals surface area contributed by atoms with Crippen LogP contribution in [0.15, 0.2) is 58.8 Å². The molecule has 0 atom stereocenters. The van der Waals surface area contributed by atoms with Gasteiger partial charge in [0, 0.05) is 17.9 Å². The molecule has 0 radical (unpaired) electrons. The number of amides is 1. The summed E-state index contributed by atoms with van der Waals surface area (Å²) in [5.41, 5.74) is 2.39. The normalized spacial score (nSPS) is 13.8. The monoisotopic (exact) mass is 430 g/mol. The smallest absolute Gasteiger partial charge is 0.268 e. The van der Waals surface area contributed by atoms with Crippen molar-refractivity contribution < 1.29 is 17.6 Å². The zero-order valence-corrected chi connectivity index (χ0v) is 17.3. The molecule has 1 amide bonds. The molecule has 150 valence electrons. The summed E-state index contributed by atoms with van der Waals surface area (Å²) in [6, 6.07) is 12.5. The van der Waals surface area contributed by atoms with Gasteiger partial charge in [0.1, 0.15) is 5.82 Å². The Balaban J connectivity index is 1.61. The lowest BCUT2D eigenvalue weighted by molar-refractivity contribution is 0.0989. The average Bonchev–Trinajstić information content (AvgIpc) is 3.23. The number of anilines is 2. The van der Waals surface area contributed by atoms with Crippen LogP contribution in [0.3, 0.4) is 0 Å².